The molecule has 140 valence electrons. The Morgan fingerprint density at radius 1 is 1.04 bits per heavy atom. The van der Waals surface area contributed by atoms with Crippen LogP contribution in [-0.2, 0) is 9.53 Å². The number of carbonyl (C=O) groups is 2. The summed E-state index contributed by atoms with van der Waals surface area (Å²) in [6, 6.07) is 7.64. The van der Waals surface area contributed by atoms with Gasteiger partial charge in [-0.3, -0.25) is 25.0 Å². The highest BCUT2D eigenvalue weighted by atomic mass is 16.6. The molecule has 0 saturated heterocycles. The second-order valence-corrected chi connectivity index (χ2v) is 5.64. The molecule has 0 bridgehead atoms. The van der Waals surface area contributed by atoms with E-state index in [0.29, 0.717) is 5.56 Å². The van der Waals surface area contributed by atoms with Gasteiger partial charge < -0.3 is 10.1 Å². The molecule has 0 aromatic heterocycles. The summed E-state index contributed by atoms with van der Waals surface area (Å²) in [7, 11) is 0. The molecule has 0 heterocycles. The first-order valence-corrected chi connectivity index (χ1v) is 7.66. The lowest BCUT2D eigenvalue weighted by molar-refractivity contribution is -0.384. The first-order valence-electron chi connectivity index (χ1n) is 7.66. The Labute approximate surface area is 153 Å². The molecule has 0 aliphatic carbocycles. The van der Waals surface area contributed by atoms with E-state index in [1.54, 1.807) is 13.8 Å². The minimum absolute atomic E-state index is 0.0144. The third-order valence-corrected chi connectivity index (χ3v) is 3.71. The summed E-state index contributed by atoms with van der Waals surface area (Å²) in [5.74, 6) is -1.71. The van der Waals surface area contributed by atoms with Crippen molar-refractivity contribution in [1.29, 1.82) is 0 Å². The lowest BCUT2D eigenvalue weighted by Gasteiger charge is -2.09. The second kappa shape index (κ2) is 8.04. The van der Waals surface area contributed by atoms with Gasteiger partial charge in [0.05, 0.1) is 15.4 Å². The summed E-state index contributed by atoms with van der Waals surface area (Å²) in [5.41, 5.74) is 0.756. The van der Waals surface area contributed by atoms with Crippen molar-refractivity contribution in [2.45, 2.75) is 13.8 Å². The number of anilines is 1. The lowest BCUT2D eigenvalue weighted by atomic mass is 10.1. The number of aryl methyl sites for hydroxylation is 2. The minimum Gasteiger partial charge on any atom is -0.452 e. The van der Waals surface area contributed by atoms with E-state index in [0.717, 1.165) is 11.6 Å². The Balaban J connectivity index is 2.06. The van der Waals surface area contributed by atoms with Gasteiger partial charge in [-0.15, -0.1) is 0 Å². The predicted molar refractivity (Wildman–Crippen MR) is 94.6 cm³/mol. The normalized spacial score (nSPS) is 10.1. The molecule has 2 aromatic carbocycles. The maximum Gasteiger partial charge on any atom is 0.338 e. The van der Waals surface area contributed by atoms with Crippen LogP contribution in [-0.4, -0.2) is 28.3 Å². The lowest BCUT2D eigenvalue weighted by Crippen LogP contribution is -2.21. The summed E-state index contributed by atoms with van der Waals surface area (Å²) in [6.45, 7) is 2.73. The Bertz CT molecular complexity index is 940. The van der Waals surface area contributed by atoms with Crippen molar-refractivity contribution in [1.82, 2.24) is 0 Å². The standard InChI is InChI=1S/C17H15N3O7/c1-10-6-14(15(20(25)26)7-11(10)2)18-16(21)9-27-17(22)12-4-3-5-13(8-12)19(23)24/h3-8H,9H2,1-2H3,(H,18,21). The quantitative estimate of drug-likeness (QED) is 0.466. The molecule has 0 saturated carbocycles. The summed E-state index contributed by atoms with van der Waals surface area (Å²) in [5, 5.41) is 24.2. The molecule has 0 aliphatic rings. The van der Waals surface area contributed by atoms with E-state index in [2.05, 4.69) is 5.32 Å². The largest absolute Gasteiger partial charge is 0.452 e. The molecule has 2 aromatic rings. The highest BCUT2D eigenvalue weighted by molar-refractivity contribution is 5.97. The van der Waals surface area contributed by atoms with Gasteiger partial charge in [0.25, 0.3) is 17.3 Å². The number of nitro benzene ring substituents is 2. The minimum atomic E-state index is -0.927. The fraction of sp³-hybridized carbons (Fsp3) is 0.176. The molecule has 27 heavy (non-hydrogen) atoms. The highest BCUT2D eigenvalue weighted by Crippen LogP contribution is 2.27. The zero-order chi connectivity index (χ0) is 20.1. The van der Waals surface area contributed by atoms with Crippen molar-refractivity contribution in [2.75, 3.05) is 11.9 Å². The number of non-ortho nitro benzene ring substituents is 1. The molecule has 1 amide bonds. The molecule has 10 nitrogen and oxygen atoms in total. The maximum absolute atomic E-state index is 12.0. The van der Waals surface area contributed by atoms with Gasteiger partial charge in [-0.2, -0.15) is 0 Å². The van der Waals surface area contributed by atoms with Crippen LogP contribution >= 0.6 is 0 Å². The van der Waals surface area contributed by atoms with Crippen LogP contribution in [0.2, 0.25) is 0 Å². The molecule has 0 spiro atoms. The van der Waals surface area contributed by atoms with E-state index in [1.165, 1.54) is 30.3 Å². The van der Waals surface area contributed by atoms with Gasteiger partial charge in [0.15, 0.2) is 6.61 Å². The summed E-state index contributed by atoms with van der Waals surface area (Å²) in [6.07, 6.45) is 0. The number of benzene rings is 2. The molecular formula is C17H15N3O7. The Morgan fingerprint density at radius 3 is 2.33 bits per heavy atom. The number of amides is 1. The SMILES string of the molecule is Cc1cc(NC(=O)COC(=O)c2cccc([N+](=O)[O-])c2)c([N+](=O)[O-])cc1C. The molecule has 0 radical (unpaired) electrons. The molecule has 0 unspecified atom stereocenters. The zero-order valence-corrected chi connectivity index (χ0v) is 14.4. The topological polar surface area (TPSA) is 142 Å². The number of rotatable bonds is 6. The monoisotopic (exact) mass is 373 g/mol. The van der Waals surface area contributed by atoms with E-state index in [1.807, 2.05) is 0 Å². The number of carbonyl (C=O) groups excluding carboxylic acids is 2. The van der Waals surface area contributed by atoms with E-state index in [9.17, 15) is 29.8 Å². The van der Waals surface area contributed by atoms with Crippen LogP contribution in [0.4, 0.5) is 17.1 Å². The first kappa shape index (κ1) is 19.5. The van der Waals surface area contributed by atoms with Crippen LogP contribution in [0.25, 0.3) is 0 Å². The fourth-order valence-corrected chi connectivity index (χ4v) is 2.20. The van der Waals surface area contributed by atoms with E-state index in [-0.39, 0.29) is 22.6 Å². The zero-order valence-electron chi connectivity index (χ0n) is 14.4. The molecule has 1 N–H and O–H groups in total. The number of nitrogens with zero attached hydrogens (tertiary/aromatic N) is 2. The van der Waals surface area contributed by atoms with Crippen molar-refractivity contribution >= 4 is 28.9 Å². The van der Waals surface area contributed by atoms with Gasteiger partial charge in [0.2, 0.25) is 0 Å². The highest BCUT2D eigenvalue weighted by Gasteiger charge is 2.19. The first-order chi connectivity index (χ1) is 12.7. The summed E-state index contributed by atoms with van der Waals surface area (Å²) in [4.78, 5) is 44.4. The van der Waals surface area contributed by atoms with Crippen LogP contribution < -0.4 is 5.32 Å². The Morgan fingerprint density at radius 2 is 1.70 bits per heavy atom. The third-order valence-electron chi connectivity index (χ3n) is 3.71. The van der Waals surface area contributed by atoms with Crippen LogP contribution in [0.15, 0.2) is 36.4 Å². The summed E-state index contributed by atoms with van der Waals surface area (Å²) < 4.78 is 4.81. The molecule has 2 rings (SSSR count). The van der Waals surface area contributed by atoms with E-state index >= 15 is 0 Å². The van der Waals surface area contributed by atoms with Gasteiger partial charge in [-0.1, -0.05) is 6.07 Å². The number of nitrogens with one attached hydrogen (secondary N) is 1. The third kappa shape index (κ3) is 4.84. The predicted octanol–water partition coefficient (Wildman–Crippen LogP) is 2.92. The average Bonchev–Trinajstić information content (AvgIpc) is 2.62. The Hall–Kier alpha value is -3.82. The fourth-order valence-electron chi connectivity index (χ4n) is 2.20. The van der Waals surface area contributed by atoms with Gasteiger partial charge in [-0.05, 0) is 37.1 Å². The van der Waals surface area contributed by atoms with Gasteiger partial charge >= 0.3 is 5.97 Å². The van der Waals surface area contributed by atoms with Crippen molar-refractivity contribution < 1.29 is 24.2 Å². The smallest absolute Gasteiger partial charge is 0.338 e. The number of ether oxygens (including phenoxy) is 1. The van der Waals surface area contributed by atoms with Gasteiger partial charge in [0.1, 0.15) is 5.69 Å². The molecule has 10 heteroatoms. The number of hydrogen-bond donors (Lipinski definition) is 1. The van der Waals surface area contributed by atoms with E-state index < -0.39 is 28.3 Å². The maximum atomic E-state index is 12.0. The van der Waals surface area contributed by atoms with Gasteiger partial charge in [0, 0.05) is 18.2 Å². The van der Waals surface area contributed by atoms with Gasteiger partial charge in [-0.25, -0.2) is 4.79 Å². The van der Waals surface area contributed by atoms with Crippen LogP contribution in [0, 0.1) is 34.1 Å². The van der Waals surface area contributed by atoms with Crippen LogP contribution in [0.1, 0.15) is 21.5 Å². The number of hydrogen-bond acceptors (Lipinski definition) is 7. The average molecular weight is 373 g/mol. The summed E-state index contributed by atoms with van der Waals surface area (Å²) >= 11 is 0. The van der Waals surface area contributed by atoms with Crippen LogP contribution in [0.3, 0.4) is 0 Å². The number of nitro groups is 2. The van der Waals surface area contributed by atoms with Crippen molar-refractivity contribution in [3.05, 3.63) is 73.3 Å². The molecule has 0 aliphatic heterocycles. The molecule has 0 atom stereocenters. The molecule has 0 fully saturated rings. The second-order valence-electron chi connectivity index (χ2n) is 5.64. The van der Waals surface area contributed by atoms with Crippen LogP contribution in [0.5, 0.6) is 0 Å². The van der Waals surface area contributed by atoms with Crippen molar-refractivity contribution in [2.24, 2.45) is 0 Å². The Kier molecular flexibility index (Phi) is 5.81. The van der Waals surface area contributed by atoms with E-state index in [4.69, 9.17) is 4.74 Å². The number of esters is 1. The molecular weight excluding hydrogens is 358 g/mol. The van der Waals surface area contributed by atoms with Crippen molar-refractivity contribution in [3.63, 3.8) is 0 Å². The van der Waals surface area contributed by atoms with Crippen molar-refractivity contribution in [3.8, 4) is 0 Å².